The van der Waals surface area contributed by atoms with E-state index in [-0.39, 0.29) is 6.04 Å². The normalized spacial score (nSPS) is 22.0. The van der Waals surface area contributed by atoms with Gasteiger partial charge in [0, 0.05) is 5.56 Å². The molecule has 110 valence electrons. The Balaban J connectivity index is 1.49. The van der Waals surface area contributed by atoms with Gasteiger partial charge < -0.3 is 15.0 Å². The van der Waals surface area contributed by atoms with Gasteiger partial charge in [0.15, 0.2) is 0 Å². The first-order valence-corrected chi connectivity index (χ1v) is 8.08. The standard InChI is InChI=1S/C15H20Cl2N2O/c16-12-5-4-11-13(10-20-15(11)14(12)17)18-6-3-9-19-7-1-2-8-19/h4-5,13,18H,1-3,6-10H2. The van der Waals surface area contributed by atoms with Gasteiger partial charge in [0.2, 0.25) is 0 Å². The number of nitrogens with zero attached hydrogens (tertiary/aromatic N) is 1. The number of fused-ring (bicyclic) bond motifs is 1. The van der Waals surface area contributed by atoms with Crippen molar-refractivity contribution < 1.29 is 4.74 Å². The van der Waals surface area contributed by atoms with E-state index in [4.69, 9.17) is 27.9 Å². The Morgan fingerprint density at radius 3 is 2.85 bits per heavy atom. The van der Waals surface area contributed by atoms with Gasteiger partial charge in [0.1, 0.15) is 17.4 Å². The molecule has 20 heavy (non-hydrogen) atoms. The molecule has 2 aliphatic rings. The summed E-state index contributed by atoms with van der Waals surface area (Å²) in [4.78, 5) is 2.54. The highest BCUT2D eigenvalue weighted by molar-refractivity contribution is 6.43. The summed E-state index contributed by atoms with van der Waals surface area (Å²) in [5, 5.41) is 4.64. The highest BCUT2D eigenvalue weighted by Crippen LogP contribution is 2.41. The summed E-state index contributed by atoms with van der Waals surface area (Å²) < 4.78 is 5.66. The fraction of sp³-hybridized carbons (Fsp3) is 0.600. The monoisotopic (exact) mass is 314 g/mol. The van der Waals surface area contributed by atoms with E-state index in [2.05, 4.69) is 10.2 Å². The molecule has 3 nitrogen and oxygen atoms in total. The maximum Gasteiger partial charge on any atom is 0.144 e. The van der Waals surface area contributed by atoms with Crippen LogP contribution in [0.3, 0.4) is 0 Å². The van der Waals surface area contributed by atoms with E-state index in [1.165, 1.54) is 38.9 Å². The number of nitrogens with one attached hydrogen (secondary N) is 1. The van der Waals surface area contributed by atoms with Crippen LogP contribution in [0, 0.1) is 0 Å². The molecule has 1 aromatic rings. The molecule has 0 aliphatic carbocycles. The average molecular weight is 315 g/mol. The minimum Gasteiger partial charge on any atom is -0.490 e. The molecule has 5 heteroatoms. The molecule has 1 aromatic carbocycles. The van der Waals surface area contributed by atoms with Gasteiger partial charge >= 0.3 is 0 Å². The molecule has 0 amide bonds. The van der Waals surface area contributed by atoms with Crippen molar-refractivity contribution in [3.8, 4) is 5.75 Å². The molecule has 1 saturated heterocycles. The Morgan fingerprint density at radius 1 is 1.25 bits per heavy atom. The molecule has 1 unspecified atom stereocenters. The van der Waals surface area contributed by atoms with Crippen molar-refractivity contribution >= 4 is 23.2 Å². The molecule has 0 aromatic heterocycles. The fourth-order valence-electron chi connectivity index (χ4n) is 2.98. The first-order chi connectivity index (χ1) is 9.75. The lowest BCUT2D eigenvalue weighted by atomic mass is 10.1. The van der Waals surface area contributed by atoms with Gasteiger partial charge in [-0.15, -0.1) is 0 Å². The van der Waals surface area contributed by atoms with Crippen molar-refractivity contribution in [1.29, 1.82) is 0 Å². The van der Waals surface area contributed by atoms with E-state index < -0.39 is 0 Å². The van der Waals surface area contributed by atoms with Gasteiger partial charge in [-0.25, -0.2) is 0 Å². The number of likely N-dealkylation sites (tertiary alicyclic amines) is 1. The van der Waals surface area contributed by atoms with Crippen LogP contribution in [-0.4, -0.2) is 37.7 Å². The van der Waals surface area contributed by atoms with Crippen molar-refractivity contribution in [3.63, 3.8) is 0 Å². The molecule has 0 saturated carbocycles. The SMILES string of the molecule is Clc1ccc2c(c1Cl)OCC2NCCCN1CCCC1. The number of halogens is 2. The topological polar surface area (TPSA) is 24.5 Å². The van der Waals surface area contributed by atoms with Crippen molar-refractivity contribution in [3.05, 3.63) is 27.7 Å². The minimum atomic E-state index is 0.235. The highest BCUT2D eigenvalue weighted by Gasteiger charge is 2.26. The third-order valence-electron chi connectivity index (χ3n) is 4.09. The number of ether oxygens (including phenoxy) is 1. The number of hydrogen-bond acceptors (Lipinski definition) is 3. The Bertz CT molecular complexity index is 475. The number of rotatable bonds is 5. The molecule has 1 fully saturated rings. The molecule has 1 atom stereocenters. The second-order valence-corrected chi connectivity index (χ2v) is 6.28. The summed E-state index contributed by atoms with van der Waals surface area (Å²) in [6.45, 7) is 5.37. The summed E-state index contributed by atoms with van der Waals surface area (Å²) in [5.74, 6) is 0.746. The Labute approximate surface area is 130 Å². The van der Waals surface area contributed by atoms with Crippen molar-refractivity contribution in [2.45, 2.75) is 25.3 Å². The maximum absolute atomic E-state index is 6.16. The third-order valence-corrected chi connectivity index (χ3v) is 4.88. The van der Waals surface area contributed by atoms with Crippen LogP contribution in [0.1, 0.15) is 30.9 Å². The van der Waals surface area contributed by atoms with Crippen LogP contribution in [0.15, 0.2) is 12.1 Å². The smallest absolute Gasteiger partial charge is 0.144 e. The van der Waals surface area contributed by atoms with E-state index in [9.17, 15) is 0 Å². The van der Waals surface area contributed by atoms with Crippen LogP contribution in [0.2, 0.25) is 10.0 Å². The zero-order chi connectivity index (χ0) is 13.9. The summed E-state index contributed by atoms with van der Waals surface area (Å²) in [6.07, 6.45) is 3.89. The second kappa shape index (κ2) is 6.52. The Morgan fingerprint density at radius 2 is 2.05 bits per heavy atom. The molecule has 0 bridgehead atoms. The van der Waals surface area contributed by atoms with Crippen molar-refractivity contribution in [1.82, 2.24) is 10.2 Å². The van der Waals surface area contributed by atoms with Crippen LogP contribution in [0.4, 0.5) is 0 Å². The van der Waals surface area contributed by atoms with Gasteiger partial charge in [0.05, 0.1) is 11.1 Å². The van der Waals surface area contributed by atoms with E-state index in [0.29, 0.717) is 16.7 Å². The zero-order valence-corrected chi connectivity index (χ0v) is 13.0. The molecule has 3 rings (SSSR count). The number of hydrogen-bond donors (Lipinski definition) is 1. The summed E-state index contributed by atoms with van der Waals surface area (Å²) in [7, 11) is 0. The lowest BCUT2D eigenvalue weighted by molar-refractivity contribution is 0.299. The van der Waals surface area contributed by atoms with Gasteiger partial charge in [-0.05, 0) is 51.5 Å². The van der Waals surface area contributed by atoms with Crippen molar-refractivity contribution in [2.75, 3.05) is 32.8 Å². The summed E-state index contributed by atoms with van der Waals surface area (Å²) in [6, 6.07) is 4.09. The lowest BCUT2D eigenvalue weighted by Gasteiger charge is -2.16. The van der Waals surface area contributed by atoms with E-state index in [1.807, 2.05) is 12.1 Å². The van der Waals surface area contributed by atoms with Crippen LogP contribution in [-0.2, 0) is 0 Å². The first-order valence-electron chi connectivity index (χ1n) is 7.32. The van der Waals surface area contributed by atoms with E-state index in [0.717, 1.165) is 17.9 Å². The Kier molecular flexibility index (Phi) is 4.72. The lowest BCUT2D eigenvalue weighted by Crippen LogP contribution is -2.28. The van der Waals surface area contributed by atoms with Crippen LogP contribution >= 0.6 is 23.2 Å². The fourth-order valence-corrected chi connectivity index (χ4v) is 3.35. The second-order valence-electron chi connectivity index (χ2n) is 5.50. The molecule has 2 heterocycles. The molecule has 1 N–H and O–H groups in total. The molecular weight excluding hydrogens is 295 g/mol. The van der Waals surface area contributed by atoms with Gasteiger partial charge in [-0.2, -0.15) is 0 Å². The molecule has 2 aliphatic heterocycles. The van der Waals surface area contributed by atoms with E-state index >= 15 is 0 Å². The summed E-state index contributed by atoms with van der Waals surface area (Å²) in [5.41, 5.74) is 1.13. The van der Waals surface area contributed by atoms with Gasteiger partial charge in [-0.1, -0.05) is 29.3 Å². The highest BCUT2D eigenvalue weighted by atomic mass is 35.5. The van der Waals surface area contributed by atoms with Crippen LogP contribution < -0.4 is 10.1 Å². The largest absolute Gasteiger partial charge is 0.490 e. The predicted molar refractivity (Wildman–Crippen MR) is 83.0 cm³/mol. The molecule has 0 spiro atoms. The Hall–Kier alpha value is -0.480. The van der Waals surface area contributed by atoms with E-state index in [1.54, 1.807) is 0 Å². The van der Waals surface area contributed by atoms with Crippen molar-refractivity contribution in [2.24, 2.45) is 0 Å². The first kappa shape index (κ1) is 14.5. The molecule has 0 radical (unpaired) electrons. The quantitative estimate of drug-likeness (QED) is 0.842. The zero-order valence-electron chi connectivity index (χ0n) is 11.5. The van der Waals surface area contributed by atoms with Crippen LogP contribution in [0.25, 0.3) is 0 Å². The van der Waals surface area contributed by atoms with Gasteiger partial charge in [0.25, 0.3) is 0 Å². The minimum absolute atomic E-state index is 0.235. The van der Waals surface area contributed by atoms with Crippen LogP contribution in [0.5, 0.6) is 5.75 Å². The number of benzene rings is 1. The van der Waals surface area contributed by atoms with Gasteiger partial charge in [-0.3, -0.25) is 0 Å². The molecular formula is C15H20Cl2N2O. The third kappa shape index (κ3) is 3.06. The summed E-state index contributed by atoms with van der Waals surface area (Å²) >= 11 is 12.2. The average Bonchev–Trinajstić information content (AvgIpc) is 3.09. The maximum atomic E-state index is 6.16. The predicted octanol–water partition coefficient (Wildman–Crippen LogP) is 3.50.